The molecule has 1 aliphatic rings. The van der Waals surface area contributed by atoms with Crippen molar-refractivity contribution < 1.29 is 0 Å². The van der Waals surface area contributed by atoms with Crippen molar-refractivity contribution >= 4 is 9.16 Å². The third-order valence-corrected chi connectivity index (χ3v) is 12.8. The standard InChI is InChI=1S/C12H29NS/c1-5-12(3)14(4,9-7-10-14)11-8-13-6-2/h12-14H,5-11H2,1-4H3. The van der Waals surface area contributed by atoms with Gasteiger partial charge >= 0.3 is 0 Å². The molecule has 2 heteroatoms. The maximum absolute atomic E-state index is 3.51. The van der Waals surface area contributed by atoms with Gasteiger partial charge in [-0.15, -0.1) is 0 Å². The molecule has 0 bridgehead atoms. The van der Waals surface area contributed by atoms with Gasteiger partial charge in [0.1, 0.15) is 0 Å². The number of hydrogen-bond acceptors (Lipinski definition) is 1. The van der Waals surface area contributed by atoms with Crippen molar-refractivity contribution in [2.75, 3.05) is 36.6 Å². The first kappa shape index (κ1) is 12.4. The van der Waals surface area contributed by atoms with Crippen LogP contribution in [0.4, 0.5) is 0 Å². The third kappa shape index (κ3) is 2.11. The fraction of sp³-hybridized carbons (Fsp3) is 1.00. The summed E-state index contributed by atoms with van der Waals surface area (Å²) in [4.78, 5) is 0. The van der Waals surface area contributed by atoms with Crippen LogP contribution >= 0.6 is 9.16 Å². The van der Waals surface area contributed by atoms with E-state index in [2.05, 4.69) is 32.3 Å². The molecule has 0 aromatic carbocycles. The summed E-state index contributed by atoms with van der Waals surface area (Å²) in [6.07, 6.45) is 5.56. The summed E-state index contributed by atoms with van der Waals surface area (Å²) in [5.74, 6) is 4.65. The van der Waals surface area contributed by atoms with E-state index in [1.165, 1.54) is 25.1 Å². The van der Waals surface area contributed by atoms with Gasteiger partial charge in [-0.25, -0.2) is 0 Å². The smallest absolute Gasteiger partial charge is 0.00140 e. The predicted octanol–water partition coefficient (Wildman–Crippen LogP) is 2.50. The second-order valence-corrected chi connectivity index (χ2v) is 12.6. The van der Waals surface area contributed by atoms with Crippen LogP contribution in [0, 0.1) is 0 Å². The Balaban J connectivity index is 2.55. The van der Waals surface area contributed by atoms with E-state index < -0.39 is 9.16 Å². The van der Waals surface area contributed by atoms with Crippen molar-refractivity contribution in [3.8, 4) is 0 Å². The normalized spacial score (nSPS) is 28.4. The maximum atomic E-state index is 3.51. The van der Waals surface area contributed by atoms with Crippen LogP contribution in [-0.4, -0.2) is 41.9 Å². The van der Waals surface area contributed by atoms with Crippen LogP contribution in [0.3, 0.4) is 0 Å². The van der Waals surface area contributed by atoms with E-state index in [9.17, 15) is 0 Å². The average molecular weight is 219 g/mol. The van der Waals surface area contributed by atoms with Gasteiger partial charge in [0.2, 0.25) is 0 Å². The molecule has 1 unspecified atom stereocenters. The molecule has 1 heterocycles. The lowest BCUT2D eigenvalue weighted by Crippen LogP contribution is -2.46. The highest BCUT2D eigenvalue weighted by molar-refractivity contribution is 8.50. The van der Waals surface area contributed by atoms with Gasteiger partial charge in [0.05, 0.1) is 0 Å². The summed E-state index contributed by atoms with van der Waals surface area (Å²) in [5.41, 5.74) is 0. The van der Waals surface area contributed by atoms with Crippen LogP contribution in [-0.2, 0) is 0 Å². The van der Waals surface area contributed by atoms with Crippen LogP contribution < -0.4 is 5.32 Å². The summed E-state index contributed by atoms with van der Waals surface area (Å²) < 4.78 is 0. The van der Waals surface area contributed by atoms with Crippen LogP contribution in [0.15, 0.2) is 0 Å². The van der Waals surface area contributed by atoms with Crippen molar-refractivity contribution in [2.45, 2.75) is 38.9 Å². The van der Waals surface area contributed by atoms with E-state index in [0.29, 0.717) is 0 Å². The number of rotatable bonds is 6. The van der Waals surface area contributed by atoms with Gasteiger partial charge in [-0.1, -0.05) is 20.8 Å². The first-order chi connectivity index (χ1) is 6.55. The minimum Gasteiger partial charge on any atom is -0.316 e. The molecule has 1 aliphatic heterocycles. The molecule has 1 rings (SSSR count). The molecular weight excluding hydrogens is 190 g/mol. The molecule has 1 nitrogen and oxygen atoms in total. The highest BCUT2D eigenvalue weighted by Gasteiger charge is 2.45. The van der Waals surface area contributed by atoms with Gasteiger partial charge in [-0.3, -0.25) is 9.16 Å². The van der Waals surface area contributed by atoms with E-state index in [4.69, 9.17) is 0 Å². The molecule has 1 N–H and O–H groups in total. The monoisotopic (exact) mass is 219 g/mol. The van der Waals surface area contributed by atoms with Crippen LogP contribution in [0.25, 0.3) is 0 Å². The molecule has 0 saturated carbocycles. The Kier molecular flexibility index (Phi) is 3.93. The summed E-state index contributed by atoms with van der Waals surface area (Å²) in [7, 11) is -1.22. The quantitative estimate of drug-likeness (QED) is 0.517. The molecule has 1 atom stereocenters. The van der Waals surface area contributed by atoms with Crippen molar-refractivity contribution in [2.24, 2.45) is 0 Å². The molecule has 14 heavy (non-hydrogen) atoms. The second kappa shape index (κ2) is 4.44. The predicted molar refractivity (Wildman–Crippen MR) is 72.4 cm³/mol. The maximum Gasteiger partial charge on any atom is 0.00140 e. The SMILES string of the molecule is CCNCC[SH]1(C)(C(C)CC)CCC1. The van der Waals surface area contributed by atoms with Crippen LogP contribution in [0.2, 0.25) is 0 Å². The Morgan fingerprint density at radius 1 is 1.29 bits per heavy atom. The van der Waals surface area contributed by atoms with Crippen molar-refractivity contribution in [1.82, 2.24) is 5.32 Å². The fourth-order valence-corrected chi connectivity index (χ4v) is 8.42. The second-order valence-electron chi connectivity index (χ2n) is 5.56. The Labute approximate surface area is 90.3 Å². The Morgan fingerprint density at radius 3 is 2.29 bits per heavy atom. The Morgan fingerprint density at radius 2 is 1.93 bits per heavy atom. The van der Waals surface area contributed by atoms with E-state index >= 15 is 0 Å². The minimum absolute atomic E-state index is 1.01. The molecule has 88 valence electrons. The number of nitrogens with one attached hydrogen (secondary N) is 1. The summed E-state index contributed by atoms with van der Waals surface area (Å²) >= 11 is 0. The first-order valence-corrected chi connectivity index (χ1v) is 9.57. The topological polar surface area (TPSA) is 12.0 Å². The van der Waals surface area contributed by atoms with Gasteiger partial charge < -0.3 is 5.32 Å². The number of hydrogen-bond donors (Lipinski definition) is 2. The molecule has 1 saturated heterocycles. The zero-order valence-corrected chi connectivity index (χ0v) is 11.4. The van der Waals surface area contributed by atoms with Gasteiger partial charge in [-0.2, -0.15) is 0 Å². The molecule has 0 aromatic heterocycles. The lowest BCUT2D eigenvalue weighted by Gasteiger charge is -2.70. The van der Waals surface area contributed by atoms with Gasteiger partial charge in [0.15, 0.2) is 0 Å². The van der Waals surface area contributed by atoms with E-state index in [-0.39, 0.29) is 0 Å². The largest absolute Gasteiger partial charge is 0.316 e. The molecule has 1 fully saturated rings. The van der Waals surface area contributed by atoms with Gasteiger partial charge in [0.25, 0.3) is 0 Å². The minimum atomic E-state index is -1.22. The highest BCUT2D eigenvalue weighted by Crippen LogP contribution is 2.76. The molecular formula is C12H29NS. The Bertz CT molecular complexity index is 187. The van der Waals surface area contributed by atoms with Gasteiger partial charge in [-0.05, 0) is 48.2 Å². The van der Waals surface area contributed by atoms with Crippen molar-refractivity contribution in [1.29, 1.82) is 0 Å². The van der Waals surface area contributed by atoms with Crippen molar-refractivity contribution in [3.05, 3.63) is 0 Å². The fourth-order valence-electron chi connectivity index (χ4n) is 2.93. The molecule has 0 spiro atoms. The summed E-state index contributed by atoms with van der Waals surface area (Å²) in [6.45, 7) is 9.47. The van der Waals surface area contributed by atoms with E-state index in [0.717, 1.165) is 11.8 Å². The zero-order chi connectivity index (χ0) is 10.7. The molecule has 0 amide bonds. The average Bonchev–Trinajstić information content (AvgIpc) is 2.14. The third-order valence-electron chi connectivity index (χ3n) is 4.83. The zero-order valence-electron chi connectivity index (χ0n) is 10.5. The Hall–Kier alpha value is 0.310. The first-order valence-electron chi connectivity index (χ1n) is 6.26. The van der Waals surface area contributed by atoms with E-state index in [1.54, 1.807) is 11.5 Å². The molecule has 0 radical (unpaired) electrons. The summed E-state index contributed by atoms with van der Waals surface area (Å²) in [6, 6.07) is 0. The summed E-state index contributed by atoms with van der Waals surface area (Å²) in [5, 5.41) is 4.52. The highest BCUT2D eigenvalue weighted by atomic mass is 32.3. The van der Waals surface area contributed by atoms with Gasteiger partial charge in [0, 0.05) is 6.54 Å². The lowest BCUT2D eigenvalue weighted by molar-refractivity contribution is 0.748. The number of thiol groups is 1. The lowest BCUT2D eigenvalue weighted by atomic mass is 10.4. The van der Waals surface area contributed by atoms with Crippen LogP contribution in [0.5, 0.6) is 0 Å². The van der Waals surface area contributed by atoms with Crippen molar-refractivity contribution in [3.63, 3.8) is 0 Å². The van der Waals surface area contributed by atoms with E-state index in [1.807, 2.05) is 0 Å². The van der Waals surface area contributed by atoms with Crippen LogP contribution in [0.1, 0.15) is 33.6 Å². The molecule has 0 aliphatic carbocycles. The molecule has 0 aromatic rings.